The monoisotopic (exact) mass is 295 g/mol. The Balaban J connectivity index is 3.52. The molecule has 76 valence electrons. The molecule has 0 saturated carbocycles. The number of hydrogen-bond acceptors (Lipinski definition) is 2. The summed E-state index contributed by atoms with van der Waals surface area (Å²) in [5, 5.41) is 9.06. The Morgan fingerprint density at radius 3 is 2.58 bits per heavy atom. The average molecular weight is 295 g/mol. The Labute approximate surface area is 81.6 Å². The van der Waals surface area contributed by atoms with Gasteiger partial charge in [-0.25, -0.2) is 0 Å². The number of aliphatic hydroxyl groups is 1. The van der Waals surface area contributed by atoms with Gasteiger partial charge in [0.25, 0.3) is 0 Å². The molecule has 0 heterocycles. The minimum absolute atomic E-state index is 0.256. The van der Waals surface area contributed by atoms with Crippen LogP contribution in [-0.2, 0) is 4.74 Å². The van der Waals surface area contributed by atoms with Crippen LogP contribution in [0.15, 0.2) is 0 Å². The normalized spacial score (nSPS) is 15.1. The van der Waals surface area contributed by atoms with Crippen molar-refractivity contribution >= 4 is 0 Å². The molecule has 0 fully saturated rings. The Bertz CT molecular complexity index is 122. The Morgan fingerprint density at radius 2 is 2.17 bits per heavy atom. The molecule has 0 aliphatic carbocycles. The fourth-order valence-electron chi connectivity index (χ4n) is 0.662. The van der Waals surface area contributed by atoms with E-state index in [4.69, 9.17) is 5.11 Å². The molecule has 12 heavy (non-hydrogen) atoms. The number of aliphatic hydroxyl groups excluding tert-OH is 1. The summed E-state index contributed by atoms with van der Waals surface area (Å²) in [5.74, 6) is 0. The molecule has 0 aromatic heterocycles. The van der Waals surface area contributed by atoms with Crippen LogP contribution in [0.5, 0.6) is 0 Å². The molecule has 1 atom stereocenters. The van der Waals surface area contributed by atoms with Gasteiger partial charge >= 0.3 is 81.4 Å². The number of hydrogen-bond donors (Lipinski definition) is 1. The second-order valence-corrected chi connectivity index (χ2v) is 4.72. The van der Waals surface area contributed by atoms with Crippen molar-refractivity contribution in [2.45, 2.75) is 30.0 Å². The van der Waals surface area contributed by atoms with E-state index >= 15 is 0 Å². The van der Waals surface area contributed by atoms with Crippen molar-refractivity contribution in [2.75, 3.05) is 11.5 Å². The van der Waals surface area contributed by atoms with Crippen LogP contribution in [0, 0.1) is 0 Å². The van der Waals surface area contributed by atoms with Crippen molar-refractivity contribution in [3.8, 4) is 0 Å². The third-order valence-corrected chi connectivity index (χ3v) is 2.85. The number of halogens is 3. The molecule has 0 aliphatic heterocycles. The zero-order valence-electron chi connectivity index (χ0n) is 7.19. The van der Waals surface area contributed by atoms with Crippen LogP contribution in [0.4, 0.5) is 8.78 Å². The van der Waals surface area contributed by atoms with Crippen molar-refractivity contribution < 1.29 is 39.8 Å². The summed E-state index contributed by atoms with van der Waals surface area (Å²) in [6, 6.07) is 0. The maximum atomic E-state index is 12.5. The SMILES string of the molecule is CCCC(O)COC(F)(F)[I-]C. The van der Waals surface area contributed by atoms with E-state index in [0.717, 1.165) is 6.42 Å². The van der Waals surface area contributed by atoms with Gasteiger partial charge in [-0.3, -0.25) is 0 Å². The molecule has 0 spiro atoms. The molecule has 1 N–H and O–H groups in total. The van der Waals surface area contributed by atoms with E-state index in [1.807, 2.05) is 6.92 Å². The molecule has 0 amide bonds. The third-order valence-electron chi connectivity index (χ3n) is 1.28. The predicted octanol–water partition coefficient (Wildman–Crippen LogP) is -1.57. The summed E-state index contributed by atoms with van der Waals surface area (Å²) in [4.78, 5) is 1.45. The van der Waals surface area contributed by atoms with Crippen LogP contribution in [0.3, 0.4) is 0 Å². The molecule has 0 saturated heterocycles. The first-order chi connectivity index (χ1) is 5.52. The quantitative estimate of drug-likeness (QED) is 0.474. The summed E-state index contributed by atoms with van der Waals surface area (Å²) < 4.78 is 26.2. The van der Waals surface area contributed by atoms with Crippen molar-refractivity contribution in [1.29, 1.82) is 0 Å². The molecule has 0 rings (SSSR count). The van der Waals surface area contributed by atoms with Gasteiger partial charge in [-0.05, 0) is 0 Å². The molecule has 0 radical (unpaired) electrons. The average Bonchev–Trinajstić information content (AvgIpc) is 2.02. The minimum atomic E-state index is -2.98. The van der Waals surface area contributed by atoms with Crippen LogP contribution >= 0.6 is 0 Å². The predicted molar refractivity (Wildman–Crippen MR) is 37.7 cm³/mol. The molecular formula is C7H14F2IO2-. The third kappa shape index (κ3) is 6.07. The fourth-order valence-corrected chi connectivity index (χ4v) is 1.15. The molecule has 0 aromatic rings. The maximum absolute atomic E-state index is 12.5. The van der Waals surface area contributed by atoms with Crippen LogP contribution in [0.2, 0.25) is 0 Å². The van der Waals surface area contributed by atoms with Gasteiger partial charge in [-0.1, -0.05) is 0 Å². The summed E-state index contributed by atoms with van der Waals surface area (Å²) >= 11 is -1.25. The number of rotatable bonds is 6. The Kier molecular flexibility index (Phi) is 6.30. The van der Waals surface area contributed by atoms with Gasteiger partial charge in [0.15, 0.2) is 0 Å². The van der Waals surface area contributed by atoms with E-state index in [2.05, 4.69) is 4.74 Å². The van der Waals surface area contributed by atoms with E-state index in [9.17, 15) is 8.78 Å². The molecule has 1 unspecified atom stereocenters. The molecule has 2 nitrogen and oxygen atoms in total. The van der Waals surface area contributed by atoms with E-state index in [-0.39, 0.29) is 6.61 Å². The second kappa shape index (κ2) is 6.04. The van der Waals surface area contributed by atoms with Crippen molar-refractivity contribution in [3.05, 3.63) is 0 Å². The summed E-state index contributed by atoms with van der Waals surface area (Å²) in [5.41, 5.74) is 0. The summed E-state index contributed by atoms with van der Waals surface area (Å²) in [6.45, 7) is 1.63. The van der Waals surface area contributed by atoms with E-state index in [1.165, 1.54) is 4.93 Å². The first kappa shape index (κ1) is 12.5. The van der Waals surface area contributed by atoms with Crippen molar-refractivity contribution in [2.24, 2.45) is 0 Å². The van der Waals surface area contributed by atoms with Gasteiger partial charge in [-0.15, -0.1) is 0 Å². The topological polar surface area (TPSA) is 29.5 Å². The standard InChI is InChI=1S/C7H14F2IO2/c1-3-4-6(11)5-12-7(8,9)10-2/h6,11H,3-5H2,1-2H3/q-1. The summed E-state index contributed by atoms with van der Waals surface area (Å²) in [7, 11) is 0. The fraction of sp³-hybridized carbons (Fsp3) is 1.00. The van der Waals surface area contributed by atoms with Gasteiger partial charge in [0.2, 0.25) is 0 Å². The first-order valence-electron chi connectivity index (χ1n) is 3.72. The van der Waals surface area contributed by atoms with Crippen LogP contribution in [0.1, 0.15) is 19.8 Å². The molecule has 0 aliphatic rings. The van der Waals surface area contributed by atoms with Crippen LogP contribution in [0.25, 0.3) is 0 Å². The van der Waals surface area contributed by atoms with Gasteiger partial charge in [0.1, 0.15) is 0 Å². The molecule has 5 heteroatoms. The van der Waals surface area contributed by atoms with Gasteiger partial charge in [-0.2, -0.15) is 0 Å². The zero-order chi connectivity index (χ0) is 9.61. The summed E-state index contributed by atoms with van der Waals surface area (Å²) in [6.07, 6.45) is 0.534. The molecule has 0 aromatic carbocycles. The van der Waals surface area contributed by atoms with Crippen LogP contribution < -0.4 is 21.2 Å². The van der Waals surface area contributed by atoms with Gasteiger partial charge in [0, 0.05) is 0 Å². The Hall–Kier alpha value is 0.510. The van der Waals surface area contributed by atoms with E-state index in [0.29, 0.717) is 6.42 Å². The number of ether oxygens (including phenoxy) is 1. The molecular weight excluding hydrogens is 281 g/mol. The first-order valence-corrected chi connectivity index (χ1v) is 6.96. The Morgan fingerprint density at radius 1 is 1.58 bits per heavy atom. The van der Waals surface area contributed by atoms with E-state index in [1.54, 1.807) is 0 Å². The number of alkyl halides is 4. The van der Waals surface area contributed by atoms with Gasteiger partial charge in [0.05, 0.1) is 0 Å². The van der Waals surface area contributed by atoms with Gasteiger partial charge < -0.3 is 0 Å². The zero-order valence-corrected chi connectivity index (χ0v) is 9.35. The second-order valence-electron chi connectivity index (χ2n) is 2.39. The van der Waals surface area contributed by atoms with Crippen LogP contribution in [-0.4, -0.2) is 26.9 Å². The van der Waals surface area contributed by atoms with Crippen molar-refractivity contribution in [1.82, 2.24) is 0 Å². The van der Waals surface area contributed by atoms with E-state index < -0.39 is 31.4 Å². The molecule has 0 bridgehead atoms. The van der Waals surface area contributed by atoms with Crippen molar-refractivity contribution in [3.63, 3.8) is 0 Å².